The number of hydrogen-bond acceptors (Lipinski definition) is 1. The molecule has 1 saturated carbocycles. The maximum atomic E-state index is 14.7. The highest BCUT2D eigenvalue weighted by Crippen LogP contribution is 2.37. The van der Waals surface area contributed by atoms with E-state index in [1.54, 1.807) is 0 Å². The number of likely N-dealkylation sites (tertiary alicyclic amines) is 1. The van der Waals surface area contributed by atoms with E-state index in [9.17, 15) is 4.39 Å². The van der Waals surface area contributed by atoms with Crippen LogP contribution in [0.15, 0.2) is 0 Å². The van der Waals surface area contributed by atoms with Crippen molar-refractivity contribution in [3.8, 4) is 0 Å². The van der Waals surface area contributed by atoms with Gasteiger partial charge in [0.1, 0.15) is 5.67 Å². The second-order valence-electron chi connectivity index (χ2n) is 6.46. The largest absolute Gasteiger partial charge is 0.300 e. The van der Waals surface area contributed by atoms with Crippen molar-refractivity contribution < 1.29 is 4.39 Å². The first-order valence-electron chi connectivity index (χ1n) is 7.52. The van der Waals surface area contributed by atoms with E-state index in [1.807, 2.05) is 0 Å². The molecule has 1 nitrogen and oxygen atoms in total. The van der Waals surface area contributed by atoms with Gasteiger partial charge < -0.3 is 4.90 Å². The lowest BCUT2D eigenvalue weighted by atomic mass is 9.78. The molecular weight excluding hydrogens is 213 g/mol. The Labute approximate surface area is 106 Å². The Kier molecular flexibility index (Phi) is 4.46. The van der Waals surface area contributed by atoms with E-state index < -0.39 is 5.67 Å². The highest BCUT2D eigenvalue weighted by atomic mass is 19.1. The van der Waals surface area contributed by atoms with Crippen LogP contribution in [-0.4, -0.2) is 30.2 Å². The number of rotatable bonds is 3. The average Bonchev–Trinajstić information content (AvgIpc) is 2.33. The van der Waals surface area contributed by atoms with Crippen molar-refractivity contribution in [1.29, 1.82) is 0 Å². The lowest BCUT2D eigenvalue weighted by Gasteiger charge is -2.39. The van der Waals surface area contributed by atoms with Gasteiger partial charge in [-0.05, 0) is 63.5 Å². The molecule has 0 amide bonds. The number of nitrogens with zero attached hydrogens (tertiary/aromatic N) is 1. The molecule has 0 unspecified atom stereocenters. The van der Waals surface area contributed by atoms with Gasteiger partial charge in [0.05, 0.1) is 0 Å². The van der Waals surface area contributed by atoms with Gasteiger partial charge in [0, 0.05) is 6.54 Å². The van der Waals surface area contributed by atoms with Crippen molar-refractivity contribution in [3.05, 3.63) is 0 Å². The zero-order chi connectivity index (χ0) is 12.3. The second-order valence-corrected chi connectivity index (χ2v) is 6.46. The van der Waals surface area contributed by atoms with Gasteiger partial charge in [0.2, 0.25) is 0 Å². The third-order valence-electron chi connectivity index (χ3n) is 4.96. The van der Waals surface area contributed by atoms with E-state index >= 15 is 0 Å². The van der Waals surface area contributed by atoms with Crippen molar-refractivity contribution >= 4 is 0 Å². The summed E-state index contributed by atoms with van der Waals surface area (Å²) in [6.45, 7) is 7.49. The Morgan fingerprint density at radius 2 is 1.71 bits per heavy atom. The Morgan fingerprint density at radius 1 is 1.12 bits per heavy atom. The molecule has 1 saturated heterocycles. The molecule has 1 aliphatic carbocycles. The number of hydrogen-bond donors (Lipinski definition) is 0. The van der Waals surface area contributed by atoms with Gasteiger partial charge in [0.15, 0.2) is 0 Å². The van der Waals surface area contributed by atoms with Gasteiger partial charge in [0.25, 0.3) is 0 Å². The van der Waals surface area contributed by atoms with Crippen LogP contribution in [0, 0.1) is 11.8 Å². The summed E-state index contributed by atoms with van der Waals surface area (Å²) in [4.78, 5) is 2.37. The fraction of sp³-hybridized carbons (Fsp3) is 1.00. The number of piperidine rings is 1. The lowest BCUT2D eigenvalue weighted by molar-refractivity contribution is 0.0287. The first kappa shape index (κ1) is 13.3. The fourth-order valence-electron chi connectivity index (χ4n) is 3.38. The summed E-state index contributed by atoms with van der Waals surface area (Å²) < 4.78 is 14.7. The molecule has 0 aromatic heterocycles. The predicted molar refractivity (Wildman–Crippen MR) is 70.9 cm³/mol. The average molecular weight is 241 g/mol. The van der Waals surface area contributed by atoms with Crippen molar-refractivity contribution in [2.24, 2.45) is 11.8 Å². The number of alkyl halides is 1. The quantitative estimate of drug-likeness (QED) is 0.721. The van der Waals surface area contributed by atoms with E-state index in [1.165, 1.54) is 19.3 Å². The highest BCUT2D eigenvalue weighted by molar-refractivity contribution is 4.89. The molecule has 2 aliphatic rings. The minimum atomic E-state index is -0.869. The molecule has 1 aliphatic heterocycles. The van der Waals surface area contributed by atoms with Crippen molar-refractivity contribution in [2.75, 3.05) is 19.6 Å². The minimum Gasteiger partial charge on any atom is -0.300 e. The smallest absolute Gasteiger partial charge is 0.123 e. The molecule has 2 heteroatoms. The van der Waals surface area contributed by atoms with E-state index in [-0.39, 0.29) is 0 Å². The van der Waals surface area contributed by atoms with Crippen LogP contribution >= 0.6 is 0 Å². The van der Waals surface area contributed by atoms with Gasteiger partial charge in [-0.2, -0.15) is 0 Å². The zero-order valence-electron chi connectivity index (χ0n) is 11.6. The maximum absolute atomic E-state index is 14.7. The van der Waals surface area contributed by atoms with Crippen LogP contribution in [0.4, 0.5) is 4.39 Å². The molecule has 0 atom stereocenters. The molecule has 2 rings (SSSR count). The van der Waals surface area contributed by atoms with Crippen LogP contribution in [0.25, 0.3) is 0 Å². The monoisotopic (exact) mass is 241 g/mol. The van der Waals surface area contributed by atoms with Crippen LogP contribution in [0.3, 0.4) is 0 Å². The van der Waals surface area contributed by atoms with Crippen molar-refractivity contribution in [2.45, 2.75) is 64.5 Å². The first-order valence-corrected chi connectivity index (χ1v) is 7.52. The Hall–Kier alpha value is -0.110. The summed E-state index contributed by atoms with van der Waals surface area (Å²) in [6, 6.07) is 0. The highest BCUT2D eigenvalue weighted by Gasteiger charge is 2.36. The maximum Gasteiger partial charge on any atom is 0.123 e. The number of halogens is 1. The minimum absolute atomic E-state index is 0.705. The SMILES string of the molecule is CCC1CCC(F)(CN2CCC(C)CC2)CC1. The summed E-state index contributed by atoms with van der Waals surface area (Å²) in [6.07, 6.45) is 7.57. The fourth-order valence-corrected chi connectivity index (χ4v) is 3.38. The van der Waals surface area contributed by atoms with Crippen LogP contribution in [0.2, 0.25) is 0 Å². The van der Waals surface area contributed by atoms with Gasteiger partial charge >= 0.3 is 0 Å². The van der Waals surface area contributed by atoms with Crippen molar-refractivity contribution in [1.82, 2.24) is 4.90 Å². The molecule has 0 N–H and O–H groups in total. The summed E-state index contributed by atoms with van der Waals surface area (Å²) in [7, 11) is 0. The molecule has 0 radical (unpaired) electrons. The van der Waals surface area contributed by atoms with Crippen LogP contribution in [-0.2, 0) is 0 Å². The molecular formula is C15H28FN. The summed E-state index contributed by atoms with van der Waals surface area (Å²) in [5.41, 5.74) is -0.869. The van der Waals surface area contributed by atoms with Gasteiger partial charge in [-0.25, -0.2) is 4.39 Å². The van der Waals surface area contributed by atoms with E-state index in [0.717, 1.165) is 50.6 Å². The summed E-state index contributed by atoms with van der Waals surface area (Å²) >= 11 is 0. The summed E-state index contributed by atoms with van der Waals surface area (Å²) in [5, 5.41) is 0. The molecule has 1 heterocycles. The first-order chi connectivity index (χ1) is 8.11. The molecule has 0 bridgehead atoms. The Bertz CT molecular complexity index is 225. The van der Waals surface area contributed by atoms with Gasteiger partial charge in [-0.1, -0.05) is 20.3 Å². The summed E-state index contributed by atoms with van der Waals surface area (Å²) in [5.74, 6) is 1.64. The Balaban J connectivity index is 1.78. The van der Waals surface area contributed by atoms with E-state index in [2.05, 4.69) is 18.7 Å². The topological polar surface area (TPSA) is 3.24 Å². The molecule has 100 valence electrons. The second kappa shape index (κ2) is 5.69. The van der Waals surface area contributed by atoms with Gasteiger partial charge in [-0.3, -0.25) is 0 Å². The third kappa shape index (κ3) is 3.67. The molecule has 17 heavy (non-hydrogen) atoms. The van der Waals surface area contributed by atoms with Crippen LogP contribution in [0.1, 0.15) is 58.8 Å². The van der Waals surface area contributed by atoms with E-state index in [0.29, 0.717) is 6.54 Å². The molecule has 0 aromatic rings. The third-order valence-corrected chi connectivity index (χ3v) is 4.96. The van der Waals surface area contributed by atoms with Crippen LogP contribution in [0.5, 0.6) is 0 Å². The Morgan fingerprint density at radius 3 is 2.24 bits per heavy atom. The van der Waals surface area contributed by atoms with Crippen LogP contribution < -0.4 is 0 Å². The van der Waals surface area contributed by atoms with E-state index in [4.69, 9.17) is 0 Å². The zero-order valence-corrected chi connectivity index (χ0v) is 11.6. The molecule has 0 spiro atoms. The van der Waals surface area contributed by atoms with Crippen molar-refractivity contribution in [3.63, 3.8) is 0 Å². The standard InChI is InChI=1S/C15H28FN/c1-3-14-4-8-15(16,9-5-14)12-17-10-6-13(2)7-11-17/h13-14H,3-12H2,1-2H3. The predicted octanol–water partition coefficient (Wildman–Crippen LogP) is 4.03. The van der Waals surface area contributed by atoms with Gasteiger partial charge in [-0.15, -0.1) is 0 Å². The molecule has 0 aromatic carbocycles. The normalized spacial score (nSPS) is 37.2. The molecule has 2 fully saturated rings. The lowest BCUT2D eigenvalue weighted by Crippen LogP contribution is -2.45.